The number of ether oxygens (including phenoxy) is 1. The van der Waals surface area contributed by atoms with E-state index in [-0.39, 0.29) is 11.5 Å². The zero-order valence-corrected chi connectivity index (χ0v) is 15.6. The maximum atomic E-state index is 6.55. The molecule has 0 amide bonds. The number of rotatable bonds is 4. The fourth-order valence-corrected chi connectivity index (χ4v) is 5.93. The summed E-state index contributed by atoms with van der Waals surface area (Å²) in [4.78, 5) is 2.79. The van der Waals surface area contributed by atoms with Crippen molar-refractivity contribution in [3.8, 4) is 5.75 Å². The Balaban J connectivity index is 1.64. The molecule has 4 unspecified atom stereocenters. The third kappa shape index (κ3) is 2.02. The van der Waals surface area contributed by atoms with Gasteiger partial charge in [-0.3, -0.25) is 4.90 Å². The number of hydrogen-bond acceptors (Lipinski definition) is 3. The molecule has 0 radical (unpaired) electrons. The van der Waals surface area contributed by atoms with Crippen molar-refractivity contribution in [2.75, 3.05) is 18.8 Å². The van der Waals surface area contributed by atoms with E-state index in [2.05, 4.69) is 37.5 Å². The lowest BCUT2D eigenvalue weighted by Crippen LogP contribution is -2.62. The highest BCUT2D eigenvalue weighted by Crippen LogP contribution is 2.61. The predicted molar refractivity (Wildman–Crippen MR) is 102 cm³/mol. The molecular weight excluding hydrogens is 308 g/mol. The van der Waals surface area contributed by atoms with Gasteiger partial charge in [0.05, 0.1) is 5.69 Å². The van der Waals surface area contributed by atoms with Crippen molar-refractivity contribution in [1.82, 2.24) is 4.90 Å². The monoisotopic (exact) mass is 338 g/mol. The summed E-state index contributed by atoms with van der Waals surface area (Å²) in [6, 6.07) is 4.95. The van der Waals surface area contributed by atoms with E-state index in [0.717, 1.165) is 30.2 Å². The van der Waals surface area contributed by atoms with Gasteiger partial charge in [-0.05, 0) is 67.7 Å². The van der Waals surface area contributed by atoms with E-state index in [1.54, 1.807) is 0 Å². The minimum atomic E-state index is 0.0795. The van der Waals surface area contributed by atoms with Gasteiger partial charge in [0.25, 0.3) is 0 Å². The van der Waals surface area contributed by atoms with Gasteiger partial charge in [0, 0.05) is 23.6 Å². The molecule has 5 rings (SSSR count). The second kappa shape index (κ2) is 5.26. The van der Waals surface area contributed by atoms with Crippen molar-refractivity contribution in [3.63, 3.8) is 0 Å². The molecule has 1 spiro atoms. The number of nitrogen functional groups attached to an aromatic ring is 1. The van der Waals surface area contributed by atoms with Crippen molar-refractivity contribution >= 4 is 5.69 Å². The Morgan fingerprint density at radius 2 is 2.20 bits per heavy atom. The third-order valence-corrected chi connectivity index (χ3v) is 7.56. The molecule has 1 saturated carbocycles. The Morgan fingerprint density at radius 3 is 2.92 bits per heavy atom. The smallest absolute Gasteiger partial charge is 0.147 e. The molecule has 1 saturated heterocycles. The van der Waals surface area contributed by atoms with E-state index in [4.69, 9.17) is 10.5 Å². The van der Waals surface area contributed by atoms with Gasteiger partial charge in [-0.1, -0.05) is 26.5 Å². The first kappa shape index (κ1) is 15.7. The van der Waals surface area contributed by atoms with Crippen LogP contribution in [-0.4, -0.2) is 30.1 Å². The Morgan fingerprint density at radius 1 is 1.40 bits per heavy atom. The van der Waals surface area contributed by atoms with E-state index in [9.17, 15) is 0 Å². The van der Waals surface area contributed by atoms with E-state index < -0.39 is 0 Å². The van der Waals surface area contributed by atoms with Gasteiger partial charge in [-0.15, -0.1) is 0 Å². The molecule has 2 aliphatic heterocycles. The first-order valence-corrected chi connectivity index (χ1v) is 10.1. The van der Waals surface area contributed by atoms with Gasteiger partial charge in [-0.25, -0.2) is 0 Å². The molecule has 134 valence electrons. The van der Waals surface area contributed by atoms with Gasteiger partial charge >= 0.3 is 0 Å². The summed E-state index contributed by atoms with van der Waals surface area (Å²) < 4.78 is 6.55. The Kier molecular flexibility index (Phi) is 3.31. The maximum Gasteiger partial charge on any atom is 0.147 e. The average molecular weight is 338 g/mol. The normalized spacial score (nSPS) is 36.0. The van der Waals surface area contributed by atoms with E-state index in [1.807, 2.05) is 0 Å². The summed E-state index contributed by atoms with van der Waals surface area (Å²) in [5.74, 6) is 2.51. The summed E-state index contributed by atoms with van der Waals surface area (Å²) in [7, 11) is 0. The number of benzene rings is 1. The molecule has 3 nitrogen and oxygen atoms in total. The van der Waals surface area contributed by atoms with Crippen LogP contribution in [0, 0.1) is 11.8 Å². The standard InChI is InChI=1S/C22H30N2O/c1-4-13(2)21-22-9-10-24(12-15-5-6-15)18(14(22)3)11-16-7-8-17(23)20(25-21)19(16)22/h7-8,14-15,18,21H,2,4-6,9-12,23H2,1,3H3. The number of anilines is 1. The lowest BCUT2D eigenvalue weighted by molar-refractivity contribution is -0.00892. The number of hydrogen-bond donors (Lipinski definition) is 1. The molecule has 2 N–H and O–H groups in total. The zero-order valence-electron chi connectivity index (χ0n) is 15.6. The largest absolute Gasteiger partial charge is 0.483 e. The summed E-state index contributed by atoms with van der Waals surface area (Å²) in [5, 5.41) is 0. The molecule has 1 aromatic rings. The number of fused-ring (bicyclic) bond motifs is 1. The van der Waals surface area contributed by atoms with Gasteiger partial charge < -0.3 is 10.5 Å². The average Bonchev–Trinajstić information content (AvgIpc) is 3.35. The van der Waals surface area contributed by atoms with E-state index in [0.29, 0.717) is 12.0 Å². The van der Waals surface area contributed by atoms with Crippen molar-refractivity contribution < 1.29 is 4.74 Å². The molecule has 3 heteroatoms. The predicted octanol–water partition coefficient (Wildman–Crippen LogP) is 3.91. The second-order valence-electron chi connectivity index (χ2n) is 8.82. The van der Waals surface area contributed by atoms with Crippen molar-refractivity contribution in [2.45, 2.75) is 63.5 Å². The molecular formula is C22H30N2O. The summed E-state index contributed by atoms with van der Waals surface area (Å²) in [6.45, 7) is 11.5. The summed E-state index contributed by atoms with van der Waals surface area (Å²) >= 11 is 0. The minimum Gasteiger partial charge on any atom is -0.483 e. The van der Waals surface area contributed by atoms with Gasteiger partial charge in [0.2, 0.25) is 0 Å². The van der Waals surface area contributed by atoms with Crippen LogP contribution in [0.25, 0.3) is 0 Å². The van der Waals surface area contributed by atoms with Crippen molar-refractivity contribution in [1.29, 1.82) is 0 Å². The number of likely N-dealkylation sites (tertiary alicyclic amines) is 1. The van der Waals surface area contributed by atoms with E-state index >= 15 is 0 Å². The Bertz CT molecular complexity index is 738. The van der Waals surface area contributed by atoms with Crippen LogP contribution in [0.15, 0.2) is 24.3 Å². The van der Waals surface area contributed by atoms with Gasteiger partial charge in [0.15, 0.2) is 0 Å². The number of piperidine rings is 1. The van der Waals surface area contributed by atoms with Crippen LogP contribution in [0.4, 0.5) is 5.69 Å². The fraction of sp³-hybridized carbons (Fsp3) is 0.636. The second-order valence-corrected chi connectivity index (χ2v) is 8.82. The zero-order chi connectivity index (χ0) is 17.3. The van der Waals surface area contributed by atoms with Crippen LogP contribution in [0.1, 0.15) is 50.7 Å². The lowest BCUT2D eigenvalue weighted by Gasteiger charge is -2.55. The molecule has 2 fully saturated rings. The lowest BCUT2D eigenvalue weighted by atomic mass is 9.55. The third-order valence-electron chi connectivity index (χ3n) is 7.56. The molecule has 4 atom stereocenters. The van der Waals surface area contributed by atoms with Crippen molar-refractivity contribution in [2.24, 2.45) is 11.8 Å². The van der Waals surface area contributed by atoms with E-state index in [1.165, 1.54) is 49.1 Å². The molecule has 25 heavy (non-hydrogen) atoms. The number of nitrogens with two attached hydrogens (primary N) is 1. The fourth-order valence-electron chi connectivity index (χ4n) is 5.93. The highest BCUT2D eigenvalue weighted by Gasteiger charge is 2.61. The van der Waals surface area contributed by atoms with Crippen LogP contribution < -0.4 is 10.5 Å². The quantitative estimate of drug-likeness (QED) is 0.668. The Hall–Kier alpha value is -1.48. The summed E-state index contributed by atoms with van der Waals surface area (Å²) in [5.41, 5.74) is 11.3. The molecule has 1 aromatic carbocycles. The van der Waals surface area contributed by atoms with Gasteiger partial charge in [0.1, 0.15) is 11.9 Å². The molecule has 0 aromatic heterocycles. The Labute approximate surface area is 151 Å². The van der Waals surface area contributed by atoms with Crippen molar-refractivity contribution in [3.05, 3.63) is 35.4 Å². The number of nitrogens with zero attached hydrogens (tertiary/aromatic N) is 1. The highest BCUT2D eigenvalue weighted by molar-refractivity contribution is 5.67. The van der Waals surface area contributed by atoms with Crippen LogP contribution in [0.2, 0.25) is 0 Å². The molecule has 2 heterocycles. The summed E-state index contributed by atoms with van der Waals surface area (Å²) in [6.07, 6.45) is 6.24. The molecule has 2 aliphatic carbocycles. The minimum absolute atomic E-state index is 0.0795. The maximum absolute atomic E-state index is 6.55. The van der Waals surface area contributed by atoms with Crippen LogP contribution in [-0.2, 0) is 11.8 Å². The highest BCUT2D eigenvalue weighted by atomic mass is 16.5. The van der Waals surface area contributed by atoms with Crippen LogP contribution >= 0.6 is 0 Å². The SMILES string of the molecule is C=C(CC)C1Oc2c(N)ccc3c2C12CCN(CC1CC1)C(C3)C2C. The molecule has 4 aliphatic rings. The first-order chi connectivity index (χ1) is 12.1. The molecule has 2 bridgehead atoms. The van der Waals surface area contributed by atoms with Crippen LogP contribution in [0.3, 0.4) is 0 Å². The van der Waals surface area contributed by atoms with Crippen LogP contribution in [0.5, 0.6) is 5.75 Å². The topological polar surface area (TPSA) is 38.5 Å². The first-order valence-electron chi connectivity index (χ1n) is 10.1. The van der Waals surface area contributed by atoms with Gasteiger partial charge in [-0.2, -0.15) is 0 Å².